The average molecular weight is 665 g/mol. The Bertz CT molecular complexity index is 1520. The third-order valence-corrected chi connectivity index (χ3v) is 6.92. The molecule has 0 saturated carbocycles. The molecule has 6 heterocycles. The molecule has 6 rings (SSSR count). The van der Waals surface area contributed by atoms with Crippen LogP contribution in [0.5, 0.6) is 0 Å². The van der Waals surface area contributed by atoms with Gasteiger partial charge in [-0.3, -0.25) is 0 Å². The van der Waals surface area contributed by atoms with E-state index in [1.54, 1.807) is 40.5 Å². The average Bonchev–Trinajstić information content (AvgIpc) is 3.02. The Balaban J connectivity index is 0.000000172. The lowest BCUT2D eigenvalue weighted by Crippen LogP contribution is -2.40. The molecule has 0 radical (unpaired) electrons. The number of alkyl halides is 4. The van der Waals surface area contributed by atoms with Crippen LogP contribution in [0, 0.1) is 0 Å². The van der Waals surface area contributed by atoms with E-state index >= 15 is 0 Å². The highest BCUT2D eigenvalue weighted by Crippen LogP contribution is 2.30. The first kappa shape index (κ1) is 34.4. The highest BCUT2D eigenvalue weighted by molar-refractivity contribution is 6.58. The van der Waals surface area contributed by atoms with Crippen molar-refractivity contribution < 1.29 is 27.6 Å². The van der Waals surface area contributed by atoms with Crippen LogP contribution < -0.4 is 26.7 Å². The van der Waals surface area contributed by atoms with E-state index < -0.39 is 19.0 Å². The van der Waals surface area contributed by atoms with Crippen molar-refractivity contribution in [2.24, 2.45) is 0 Å². The molecule has 0 amide bonds. The van der Waals surface area contributed by atoms with Crippen LogP contribution in [0.3, 0.4) is 0 Å². The number of anilines is 4. The van der Waals surface area contributed by atoms with Gasteiger partial charge in [0.05, 0.1) is 5.56 Å². The first-order valence-electron chi connectivity index (χ1n) is 13.9. The molecule has 0 unspecified atom stereocenters. The summed E-state index contributed by atoms with van der Waals surface area (Å²) in [4.78, 5) is 35.0. The zero-order valence-corrected chi connectivity index (χ0v) is 25.0. The topological polar surface area (TPSA) is 202 Å². The lowest BCUT2D eigenvalue weighted by Gasteiger charge is -2.31. The van der Waals surface area contributed by atoms with Gasteiger partial charge in [-0.1, -0.05) is 0 Å². The molecule has 2 aliphatic heterocycles. The Labute approximate surface area is 266 Å². The number of nitrogen functional groups attached to an aromatic ring is 2. The van der Waals surface area contributed by atoms with Gasteiger partial charge in [0.25, 0.3) is 11.8 Å². The molecule has 2 fully saturated rings. The minimum absolute atomic E-state index is 0.170. The van der Waals surface area contributed by atoms with E-state index in [1.807, 2.05) is 0 Å². The van der Waals surface area contributed by atoms with Crippen molar-refractivity contribution in [2.75, 3.05) is 47.4 Å². The van der Waals surface area contributed by atoms with Crippen molar-refractivity contribution in [1.82, 2.24) is 39.9 Å². The molecule has 0 aromatic carbocycles. The van der Waals surface area contributed by atoms with Gasteiger partial charge in [-0.05, 0) is 23.7 Å². The zero-order valence-electron chi connectivity index (χ0n) is 24.3. The summed E-state index contributed by atoms with van der Waals surface area (Å²) in [5.41, 5.74) is 11.6. The molecule has 4 aromatic rings. The van der Waals surface area contributed by atoms with Gasteiger partial charge in [0.15, 0.2) is 5.82 Å². The Kier molecular flexibility index (Phi) is 11.4. The highest BCUT2D eigenvalue weighted by atomic mass is 35.5. The van der Waals surface area contributed by atoms with Crippen molar-refractivity contribution in [3.63, 3.8) is 0 Å². The zero-order chi connectivity index (χ0) is 33.3. The van der Waals surface area contributed by atoms with Crippen LogP contribution in [0.25, 0.3) is 11.4 Å². The summed E-state index contributed by atoms with van der Waals surface area (Å²) < 4.78 is 52.1. The first-order chi connectivity index (χ1) is 21.8. The molecule has 20 heteroatoms. The third-order valence-electron chi connectivity index (χ3n) is 6.73. The van der Waals surface area contributed by atoms with E-state index in [0.717, 1.165) is 0 Å². The summed E-state index contributed by atoms with van der Waals surface area (Å²) in [5.74, 6) is -3.20. The Morgan fingerprint density at radius 2 is 1.11 bits per heavy atom. The maximum absolute atomic E-state index is 13.1. The van der Waals surface area contributed by atoms with E-state index in [1.165, 1.54) is 18.6 Å². The van der Waals surface area contributed by atoms with E-state index in [9.17, 15) is 17.6 Å². The van der Waals surface area contributed by atoms with Crippen molar-refractivity contribution in [2.45, 2.75) is 37.5 Å². The second-order valence-corrected chi connectivity index (χ2v) is 10.5. The normalized spacial score (nSPS) is 16.8. The molecule has 244 valence electrons. The third kappa shape index (κ3) is 10.3. The van der Waals surface area contributed by atoms with Crippen molar-refractivity contribution in [1.29, 1.82) is 0 Å². The van der Waals surface area contributed by atoms with Crippen LogP contribution in [0.15, 0.2) is 49.3 Å². The number of hydrogen-bond donors (Lipinski definition) is 4. The van der Waals surface area contributed by atoms with E-state index in [4.69, 9.17) is 33.1 Å². The van der Waals surface area contributed by atoms with E-state index in [0.29, 0.717) is 34.9 Å². The lowest BCUT2D eigenvalue weighted by atomic mass is 9.83. The fraction of sp³-hybridized carbons (Fsp3) is 0.385. The number of rotatable bonds is 4. The Morgan fingerprint density at radius 1 is 0.674 bits per heavy atom. The van der Waals surface area contributed by atoms with Gasteiger partial charge in [-0.2, -0.15) is 0 Å². The number of piperidine rings is 2. The number of halogens is 5. The molecule has 0 aliphatic carbocycles. The predicted molar refractivity (Wildman–Crippen MR) is 164 cm³/mol. The van der Waals surface area contributed by atoms with Crippen LogP contribution in [0.4, 0.5) is 41.1 Å². The van der Waals surface area contributed by atoms with Gasteiger partial charge < -0.3 is 31.3 Å². The van der Waals surface area contributed by atoms with Crippen LogP contribution in [-0.4, -0.2) is 95.1 Å². The molecule has 2 aliphatic rings. The first-order valence-corrected chi connectivity index (χ1v) is 14.3. The van der Waals surface area contributed by atoms with Gasteiger partial charge in [0.2, 0.25) is 17.2 Å². The van der Waals surface area contributed by atoms with E-state index in [2.05, 4.69) is 39.9 Å². The molecule has 14 nitrogen and oxygen atoms in total. The maximum Gasteiger partial charge on any atom is 0.491 e. The Morgan fingerprint density at radius 3 is 1.50 bits per heavy atom. The molecular weight excluding hydrogens is 635 g/mol. The number of aromatic nitrogens is 8. The number of hydrogen-bond acceptors (Lipinski definition) is 14. The maximum atomic E-state index is 13.1. The van der Waals surface area contributed by atoms with Gasteiger partial charge in [-0.25, -0.2) is 57.4 Å². The largest absolute Gasteiger partial charge is 0.491 e. The standard InChI is InChI=1S/C13H14F2N6.C9H12BF2N3O2.C4H4ClN3/c14-13(15)2-5-21(6-3-13)12-18-7-9(8-19-12)11-17-4-1-10(16)20-11;11-9(12)1-3-15(4-2-9)8-13-5-7(6-14-8)10(16)17;5-4-7-2-1-3(6)8-4/h1,4,7-8H,2-3,5-6H2,(H2,16,17,20);5-6,16-17H,1-4H2;1-2H,(H2,6,7,8). The van der Waals surface area contributed by atoms with Gasteiger partial charge in [0, 0.05) is 94.5 Å². The lowest BCUT2D eigenvalue weighted by molar-refractivity contribution is -0.0229. The molecule has 46 heavy (non-hydrogen) atoms. The predicted octanol–water partition coefficient (Wildman–Crippen LogP) is 1.86. The second-order valence-electron chi connectivity index (χ2n) is 10.2. The quantitative estimate of drug-likeness (QED) is 0.140. The van der Waals surface area contributed by atoms with Crippen molar-refractivity contribution in [3.8, 4) is 11.4 Å². The minimum atomic E-state index is -2.60. The van der Waals surface area contributed by atoms with Crippen LogP contribution in [-0.2, 0) is 0 Å². The molecule has 0 atom stereocenters. The molecule has 4 aromatic heterocycles. The monoisotopic (exact) mass is 664 g/mol. The summed E-state index contributed by atoms with van der Waals surface area (Å²) in [6, 6.07) is 3.17. The molecular formula is C26H30BClF4N12O2. The van der Waals surface area contributed by atoms with Gasteiger partial charge in [-0.15, -0.1) is 0 Å². The summed E-state index contributed by atoms with van der Waals surface area (Å²) in [5, 5.41) is 17.9. The van der Waals surface area contributed by atoms with Crippen LogP contribution >= 0.6 is 11.6 Å². The summed E-state index contributed by atoms with van der Waals surface area (Å²) >= 11 is 5.34. The molecule has 6 N–H and O–H groups in total. The molecule has 2 saturated heterocycles. The van der Waals surface area contributed by atoms with Crippen LogP contribution in [0.2, 0.25) is 5.28 Å². The van der Waals surface area contributed by atoms with Gasteiger partial charge in [0.1, 0.15) is 11.6 Å². The molecule has 0 bridgehead atoms. The molecule has 0 spiro atoms. The summed E-state index contributed by atoms with van der Waals surface area (Å²) in [6.45, 7) is 0.907. The van der Waals surface area contributed by atoms with E-state index in [-0.39, 0.29) is 62.6 Å². The number of nitrogens with two attached hydrogens (primary N) is 2. The number of nitrogens with zero attached hydrogens (tertiary/aromatic N) is 10. The summed E-state index contributed by atoms with van der Waals surface area (Å²) in [6.07, 6.45) is 8.00. The van der Waals surface area contributed by atoms with Crippen molar-refractivity contribution >= 4 is 47.7 Å². The second kappa shape index (κ2) is 15.2. The highest BCUT2D eigenvalue weighted by Gasteiger charge is 2.35. The van der Waals surface area contributed by atoms with Crippen LogP contribution in [0.1, 0.15) is 25.7 Å². The van der Waals surface area contributed by atoms with Crippen molar-refractivity contribution in [3.05, 3.63) is 54.6 Å². The summed E-state index contributed by atoms with van der Waals surface area (Å²) in [7, 11) is -1.62. The van der Waals surface area contributed by atoms with Gasteiger partial charge >= 0.3 is 7.12 Å². The fourth-order valence-corrected chi connectivity index (χ4v) is 4.31. The smallest absolute Gasteiger partial charge is 0.423 e. The minimum Gasteiger partial charge on any atom is -0.423 e. The Hall–Kier alpha value is -4.49. The fourth-order valence-electron chi connectivity index (χ4n) is 4.16. The SMILES string of the molecule is Nc1ccnc(-c2cnc(N3CCC(F)(F)CC3)nc2)n1.Nc1ccnc(Cl)n1.OB(O)c1cnc(N2CCC(F)(F)CC2)nc1.